The first-order valence-electron chi connectivity index (χ1n) is 10.6. The fourth-order valence-corrected chi connectivity index (χ4v) is 3.34. The van der Waals surface area contributed by atoms with Crippen molar-refractivity contribution in [3.63, 3.8) is 0 Å². The van der Waals surface area contributed by atoms with E-state index >= 15 is 0 Å². The van der Waals surface area contributed by atoms with Gasteiger partial charge in [0.05, 0.1) is 18.6 Å². The molecule has 0 aliphatic heterocycles. The van der Waals surface area contributed by atoms with Crippen molar-refractivity contribution < 1.29 is 19.1 Å². The van der Waals surface area contributed by atoms with Gasteiger partial charge in [-0.25, -0.2) is 4.79 Å². The van der Waals surface area contributed by atoms with Gasteiger partial charge in [0.25, 0.3) is 0 Å². The van der Waals surface area contributed by atoms with E-state index in [1.54, 1.807) is 6.92 Å². The maximum atomic E-state index is 11.9. The molecule has 3 aromatic rings. The minimum Gasteiger partial charge on any atom is -0.465 e. The Morgan fingerprint density at radius 3 is 1.74 bits per heavy atom. The molecular weight excluding hydrogens is 388 g/mol. The van der Waals surface area contributed by atoms with Crippen LogP contribution in [-0.2, 0) is 31.9 Å². The summed E-state index contributed by atoms with van der Waals surface area (Å²) in [6, 6.07) is 17.0. The molecule has 162 valence electrons. The average Bonchev–Trinajstić information content (AvgIpc) is 2.72. The SMILES string of the molecule is C=C(C)C(=O)OCCc1ccc2c(ccc3cc(CCOC(=O)C(C)(C)C)ccc32)c1. The van der Waals surface area contributed by atoms with Gasteiger partial charge in [0.2, 0.25) is 0 Å². The number of fused-ring (bicyclic) bond motifs is 3. The van der Waals surface area contributed by atoms with E-state index in [1.807, 2.05) is 20.8 Å². The van der Waals surface area contributed by atoms with Gasteiger partial charge in [-0.2, -0.15) is 0 Å². The predicted octanol–water partition coefficient (Wildman–Crippen LogP) is 5.79. The number of esters is 2. The lowest BCUT2D eigenvalue weighted by molar-refractivity contribution is -0.152. The first-order valence-corrected chi connectivity index (χ1v) is 10.6. The molecule has 0 fully saturated rings. The summed E-state index contributed by atoms with van der Waals surface area (Å²) in [5.74, 6) is -0.528. The largest absolute Gasteiger partial charge is 0.465 e. The molecule has 0 saturated carbocycles. The second-order valence-corrected chi connectivity index (χ2v) is 8.98. The third kappa shape index (κ3) is 5.72. The van der Waals surface area contributed by atoms with E-state index in [9.17, 15) is 9.59 Å². The molecule has 0 amide bonds. The zero-order valence-corrected chi connectivity index (χ0v) is 18.8. The number of benzene rings is 3. The third-order valence-corrected chi connectivity index (χ3v) is 5.17. The summed E-state index contributed by atoms with van der Waals surface area (Å²) in [7, 11) is 0. The lowest BCUT2D eigenvalue weighted by Crippen LogP contribution is -2.23. The molecule has 0 atom stereocenters. The van der Waals surface area contributed by atoms with Crippen molar-refractivity contribution in [3.8, 4) is 0 Å². The monoisotopic (exact) mass is 418 g/mol. The molecular formula is C27H30O4. The summed E-state index contributed by atoms with van der Waals surface area (Å²) in [5.41, 5.74) is 2.20. The Morgan fingerprint density at radius 1 is 0.806 bits per heavy atom. The number of carbonyl (C=O) groups excluding carboxylic acids is 2. The van der Waals surface area contributed by atoms with Crippen LogP contribution in [0.2, 0.25) is 0 Å². The highest BCUT2D eigenvalue weighted by Gasteiger charge is 2.22. The number of carbonyl (C=O) groups is 2. The highest BCUT2D eigenvalue weighted by molar-refractivity contribution is 6.07. The summed E-state index contributed by atoms with van der Waals surface area (Å²) in [4.78, 5) is 23.4. The molecule has 0 aromatic heterocycles. The van der Waals surface area contributed by atoms with Crippen molar-refractivity contribution in [3.05, 3.63) is 71.8 Å². The van der Waals surface area contributed by atoms with E-state index in [1.165, 1.54) is 10.8 Å². The zero-order valence-electron chi connectivity index (χ0n) is 18.8. The van der Waals surface area contributed by atoms with Crippen LogP contribution < -0.4 is 0 Å². The lowest BCUT2D eigenvalue weighted by atomic mass is 9.97. The van der Waals surface area contributed by atoms with Crippen molar-refractivity contribution in [2.24, 2.45) is 5.41 Å². The standard InChI is InChI=1S/C27H30O4/c1-18(2)25(28)30-14-12-19-6-10-23-21(16-19)8-9-22-17-20(7-11-24(22)23)13-15-31-26(29)27(3,4)5/h6-11,16-17H,1,12-15H2,2-5H3. The Balaban J connectivity index is 1.70. The van der Waals surface area contributed by atoms with E-state index in [4.69, 9.17) is 9.47 Å². The second kappa shape index (κ2) is 9.34. The quantitative estimate of drug-likeness (QED) is 0.277. The van der Waals surface area contributed by atoms with E-state index in [0.29, 0.717) is 31.6 Å². The molecule has 0 saturated heterocycles. The van der Waals surface area contributed by atoms with Crippen LogP contribution >= 0.6 is 0 Å². The predicted molar refractivity (Wildman–Crippen MR) is 125 cm³/mol. The molecule has 0 spiro atoms. The van der Waals surface area contributed by atoms with Gasteiger partial charge in [-0.1, -0.05) is 55.1 Å². The molecule has 0 N–H and O–H groups in total. The molecule has 0 bridgehead atoms. The fourth-order valence-electron chi connectivity index (χ4n) is 3.34. The minimum absolute atomic E-state index is 0.176. The van der Waals surface area contributed by atoms with Crippen molar-refractivity contribution in [1.82, 2.24) is 0 Å². The summed E-state index contributed by atoms with van der Waals surface area (Å²) in [6.45, 7) is 11.5. The Bertz CT molecular complexity index is 1140. The molecule has 4 nitrogen and oxygen atoms in total. The molecule has 0 aliphatic rings. The highest BCUT2D eigenvalue weighted by atomic mass is 16.5. The average molecular weight is 419 g/mol. The van der Waals surface area contributed by atoms with E-state index in [-0.39, 0.29) is 11.9 Å². The van der Waals surface area contributed by atoms with Gasteiger partial charge in [0, 0.05) is 18.4 Å². The molecule has 3 aromatic carbocycles. The molecule has 0 unspecified atom stereocenters. The molecule has 0 heterocycles. The van der Waals surface area contributed by atoms with Crippen molar-refractivity contribution in [1.29, 1.82) is 0 Å². The Labute approximate surface area is 183 Å². The van der Waals surface area contributed by atoms with Crippen LogP contribution in [0.25, 0.3) is 21.5 Å². The van der Waals surface area contributed by atoms with E-state index < -0.39 is 5.41 Å². The summed E-state index contributed by atoms with van der Waals surface area (Å²) in [5, 5.41) is 4.69. The summed E-state index contributed by atoms with van der Waals surface area (Å²) >= 11 is 0. The molecule has 4 heteroatoms. The molecule has 31 heavy (non-hydrogen) atoms. The Kier molecular flexibility index (Phi) is 6.79. The van der Waals surface area contributed by atoms with Gasteiger partial charge in [0.1, 0.15) is 0 Å². The molecule has 0 radical (unpaired) electrons. The number of rotatable bonds is 7. The summed E-state index contributed by atoms with van der Waals surface area (Å²) < 4.78 is 10.6. The first kappa shape index (κ1) is 22.5. The highest BCUT2D eigenvalue weighted by Crippen LogP contribution is 2.27. The Hall–Kier alpha value is -3.14. The third-order valence-electron chi connectivity index (χ3n) is 5.17. The second-order valence-electron chi connectivity index (χ2n) is 8.98. The van der Waals surface area contributed by atoms with Crippen LogP contribution in [0.15, 0.2) is 60.7 Å². The van der Waals surface area contributed by atoms with Crippen LogP contribution in [0.5, 0.6) is 0 Å². The Morgan fingerprint density at radius 2 is 1.29 bits per heavy atom. The lowest BCUT2D eigenvalue weighted by Gasteiger charge is -2.16. The van der Waals surface area contributed by atoms with Gasteiger partial charge in [0.15, 0.2) is 0 Å². The van der Waals surface area contributed by atoms with Gasteiger partial charge in [-0.3, -0.25) is 4.79 Å². The van der Waals surface area contributed by atoms with Gasteiger partial charge >= 0.3 is 11.9 Å². The van der Waals surface area contributed by atoms with E-state index in [2.05, 4.69) is 55.1 Å². The fraction of sp³-hybridized carbons (Fsp3) is 0.333. The molecule has 3 rings (SSSR count). The zero-order chi connectivity index (χ0) is 22.6. The topological polar surface area (TPSA) is 52.6 Å². The van der Waals surface area contributed by atoms with Crippen LogP contribution in [0.4, 0.5) is 0 Å². The maximum absolute atomic E-state index is 11.9. The van der Waals surface area contributed by atoms with Crippen LogP contribution in [-0.4, -0.2) is 25.2 Å². The van der Waals surface area contributed by atoms with Crippen LogP contribution in [0.3, 0.4) is 0 Å². The van der Waals surface area contributed by atoms with Gasteiger partial charge in [-0.05, 0) is 60.4 Å². The molecule has 0 aliphatic carbocycles. The smallest absolute Gasteiger partial charge is 0.333 e. The number of hydrogen-bond donors (Lipinski definition) is 0. The normalized spacial score (nSPS) is 11.5. The van der Waals surface area contributed by atoms with Crippen molar-refractivity contribution in [2.75, 3.05) is 13.2 Å². The van der Waals surface area contributed by atoms with Crippen molar-refractivity contribution >= 4 is 33.5 Å². The number of hydrogen-bond acceptors (Lipinski definition) is 4. The van der Waals surface area contributed by atoms with E-state index in [0.717, 1.165) is 21.9 Å². The van der Waals surface area contributed by atoms with Gasteiger partial charge < -0.3 is 9.47 Å². The van der Waals surface area contributed by atoms with Gasteiger partial charge in [-0.15, -0.1) is 0 Å². The van der Waals surface area contributed by atoms with Crippen LogP contribution in [0, 0.1) is 5.41 Å². The van der Waals surface area contributed by atoms with Crippen LogP contribution in [0.1, 0.15) is 38.8 Å². The summed E-state index contributed by atoms with van der Waals surface area (Å²) in [6.07, 6.45) is 1.36. The first-order chi connectivity index (χ1) is 14.6. The maximum Gasteiger partial charge on any atom is 0.333 e. The minimum atomic E-state index is -0.479. The van der Waals surface area contributed by atoms with Crippen molar-refractivity contribution in [2.45, 2.75) is 40.5 Å². The number of ether oxygens (including phenoxy) is 2.